The maximum atomic E-state index is 13.4. The first-order valence-corrected chi connectivity index (χ1v) is 4.52. The predicted molar refractivity (Wildman–Crippen MR) is 45.3 cm³/mol. The summed E-state index contributed by atoms with van der Waals surface area (Å²) in [6, 6.07) is 0. The Labute approximate surface area is 76.9 Å². The van der Waals surface area contributed by atoms with Crippen molar-refractivity contribution in [2.45, 2.75) is 31.9 Å². The molecule has 0 aromatic heterocycles. The molecule has 0 bridgehead atoms. The van der Waals surface area contributed by atoms with Crippen molar-refractivity contribution in [2.24, 2.45) is 5.92 Å². The van der Waals surface area contributed by atoms with Gasteiger partial charge in [-0.05, 0) is 32.1 Å². The minimum absolute atomic E-state index is 0.103. The van der Waals surface area contributed by atoms with Crippen LogP contribution in [0.25, 0.3) is 0 Å². The van der Waals surface area contributed by atoms with Gasteiger partial charge in [-0.3, -0.25) is 0 Å². The highest BCUT2D eigenvalue weighted by molar-refractivity contribution is 5.76. The van der Waals surface area contributed by atoms with Gasteiger partial charge in [0.15, 0.2) is 0 Å². The molecule has 0 amide bonds. The van der Waals surface area contributed by atoms with Gasteiger partial charge in [0, 0.05) is 13.2 Å². The van der Waals surface area contributed by atoms with Crippen LogP contribution in [0.2, 0.25) is 0 Å². The number of hydrogen-bond donors (Lipinski definition) is 1. The van der Waals surface area contributed by atoms with Crippen LogP contribution in [0.3, 0.4) is 0 Å². The van der Waals surface area contributed by atoms with E-state index >= 15 is 0 Å². The first-order chi connectivity index (χ1) is 6.02. The first-order valence-electron chi connectivity index (χ1n) is 4.52. The van der Waals surface area contributed by atoms with Crippen molar-refractivity contribution in [3.63, 3.8) is 0 Å². The Morgan fingerprint density at radius 1 is 1.62 bits per heavy atom. The zero-order valence-electron chi connectivity index (χ0n) is 7.75. The van der Waals surface area contributed by atoms with Crippen molar-refractivity contribution in [3.8, 4) is 0 Å². The van der Waals surface area contributed by atoms with Gasteiger partial charge in [-0.25, -0.2) is 9.18 Å². The zero-order valence-corrected chi connectivity index (χ0v) is 7.75. The summed E-state index contributed by atoms with van der Waals surface area (Å²) < 4.78 is 18.5. The van der Waals surface area contributed by atoms with Crippen LogP contribution >= 0.6 is 0 Å². The van der Waals surface area contributed by atoms with Crippen LogP contribution in [0.1, 0.15) is 26.2 Å². The van der Waals surface area contributed by atoms with E-state index in [4.69, 9.17) is 9.84 Å². The summed E-state index contributed by atoms with van der Waals surface area (Å²) in [5.41, 5.74) is -2.08. The molecule has 1 aliphatic heterocycles. The van der Waals surface area contributed by atoms with Crippen LogP contribution in [0.5, 0.6) is 0 Å². The molecule has 1 saturated heterocycles. The second-order valence-electron chi connectivity index (χ2n) is 3.76. The van der Waals surface area contributed by atoms with E-state index in [1.807, 2.05) is 0 Å². The zero-order chi connectivity index (χ0) is 9.90. The summed E-state index contributed by atoms with van der Waals surface area (Å²) in [6.07, 6.45) is 1.64. The second-order valence-corrected chi connectivity index (χ2v) is 3.76. The van der Waals surface area contributed by atoms with E-state index in [1.165, 1.54) is 0 Å². The molecule has 3 nitrogen and oxygen atoms in total. The summed E-state index contributed by atoms with van der Waals surface area (Å²) in [5, 5.41) is 8.57. The second kappa shape index (κ2) is 4.05. The molecule has 76 valence electrons. The maximum absolute atomic E-state index is 13.4. The number of carboxylic acids is 1. The molecule has 4 heteroatoms. The lowest BCUT2D eigenvalue weighted by molar-refractivity contribution is -0.151. The fraction of sp³-hybridized carbons (Fsp3) is 0.889. The summed E-state index contributed by atoms with van der Waals surface area (Å²) in [4.78, 5) is 10.5. The number of aliphatic carboxylic acids is 1. The molecule has 1 aliphatic rings. The molecule has 1 atom stereocenters. The van der Waals surface area contributed by atoms with Crippen LogP contribution < -0.4 is 0 Å². The third-order valence-corrected chi connectivity index (χ3v) is 2.46. The van der Waals surface area contributed by atoms with Crippen molar-refractivity contribution in [1.82, 2.24) is 0 Å². The molecule has 1 unspecified atom stereocenters. The summed E-state index contributed by atoms with van der Waals surface area (Å²) >= 11 is 0. The summed E-state index contributed by atoms with van der Waals surface area (Å²) in [6.45, 7) is 2.38. The Kier molecular flexibility index (Phi) is 3.25. The lowest BCUT2D eigenvalue weighted by atomic mass is 9.88. The first kappa shape index (κ1) is 10.4. The number of rotatable bonds is 3. The van der Waals surface area contributed by atoms with Gasteiger partial charge >= 0.3 is 5.97 Å². The Morgan fingerprint density at radius 3 is 2.62 bits per heavy atom. The molecule has 13 heavy (non-hydrogen) atoms. The minimum Gasteiger partial charge on any atom is -0.479 e. The fourth-order valence-electron chi connectivity index (χ4n) is 1.58. The van der Waals surface area contributed by atoms with E-state index in [2.05, 4.69) is 0 Å². The van der Waals surface area contributed by atoms with E-state index in [9.17, 15) is 9.18 Å². The molecule has 0 aromatic carbocycles. The van der Waals surface area contributed by atoms with Gasteiger partial charge in [-0.1, -0.05) is 0 Å². The van der Waals surface area contributed by atoms with Crippen molar-refractivity contribution >= 4 is 5.97 Å². The smallest absolute Gasteiger partial charge is 0.341 e. The van der Waals surface area contributed by atoms with Crippen LogP contribution in [0, 0.1) is 5.92 Å². The Bertz CT molecular complexity index is 185. The molecule has 0 aliphatic carbocycles. The molecule has 1 heterocycles. The summed E-state index contributed by atoms with van der Waals surface area (Å²) in [7, 11) is 0. The highest BCUT2D eigenvalue weighted by atomic mass is 19.1. The van der Waals surface area contributed by atoms with Crippen LogP contribution in [0.4, 0.5) is 4.39 Å². The number of ether oxygens (including phenoxy) is 1. The molecular weight excluding hydrogens is 175 g/mol. The number of hydrogen-bond acceptors (Lipinski definition) is 2. The highest BCUT2D eigenvalue weighted by Crippen LogP contribution is 2.27. The molecule has 0 saturated carbocycles. The molecule has 1 rings (SSSR count). The van der Waals surface area contributed by atoms with E-state index < -0.39 is 11.6 Å². The van der Waals surface area contributed by atoms with Crippen molar-refractivity contribution in [2.75, 3.05) is 13.2 Å². The van der Waals surface area contributed by atoms with Crippen molar-refractivity contribution < 1.29 is 19.0 Å². The summed E-state index contributed by atoms with van der Waals surface area (Å²) in [5.74, 6) is -1.21. The molecule has 1 fully saturated rings. The predicted octanol–water partition coefficient (Wildman–Crippen LogP) is 1.62. The van der Waals surface area contributed by atoms with Gasteiger partial charge in [-0.15, -0.1) is 0 Å². The lowest BCUT2D eigenvalue weighted by Crippen LogP contribution is -2.34. The van der Waals surface area contributed by atoms with Crippen molar-refractivity contribution in [3.05, 3.63) is 0 Å². The van der Waals surface area contributed by atoms with Crippen molar-refractivity contribution in [1.29, 1.82) is 0 Å². The molecule has 0 aromatic rings. The number of alkyl halides is 1. The van der Waals surface area contributed by atoms with E-state index in [0.29, 0.717) is 13.2 Å². The Balaban J connectivity index is 2.41. The third-order valence-electron chi connectivity index (χ3n) is 2.46. The van der Waals surface area contributed by atoms with Crippen LogP contribution in [-0.2, 0) is 9.53 Å². The van der Waals surface area contributed by atoms with Gasteiger partial charge in [0.2, 0.25) is 5.67 Å². The quantitative estimate of drug-likeness (QED) is 0.735. The molecular formula is C9H15FO3. The standard InChI is InChI=1S/C9H15FO3/c1-9(10,8(11)12)6-7-2-4-13-5-3-7/h7H,2-6H2,1H3,(H,11,12). The van der Waals surface area contributed by atoms with Gasteiger partial charge < -0.3 is 9.84 Å². The maximum Gasteiger partial charge on any atom is 0.341 e. The number of carboxylic acid groups (broad SMARTS) is 1. The average molecular weight is 190 g/mol. The average Bonchev–Trinajstić information content (AvgIpc) is 2.05. The molecule has 1 N–H and O–H groups in total. The van der Waals surface area contributed by atoms with Gasteiger partial charge in [0.05, 0.1) is 0 Å². The van der Waals surface area contributed by atoms with Gasteiger partial charge in [-0.2, -0.15) is 0 Å². The monoisotopic (exact) mass is 190 g/mol. The fourth-order valence-corrected chi connectivity index (χ4v) is 1.58. The molecule has 0 radical (unpaired) electrons. The largest absolute Gasteiger partial charge is 0.479 e. The lowest BCUT2D eigenvalue weighted by Gasteiger charge is -2.26. The van der Waals surface area contributed by atoms with Crippen LogP contribution in [-0.4, -0.2) is 30.0 Å². The Morgan fingerprint density at radius 2 is 2.15 bits per heavy atom. The highest BCUT2D eigenvalue weighted by Gasteiger charge is 2.35. The van der Waals surface area contributed by atoms with E-state index in [0.717, 1.165) is 19.8 Å². The van der Waals surface area contributed by atoms with E-state index in [-0.39, 0.29) is 12.3 Å². The normalized spacial score (nSPS) is 23.8. The molecule has 0 spiro atoms. The topological polar surface area (TPSA) is 46.5 Å². The number of carbonyl (C=O) groups is 1. The third kappa shape index (κ3) is 2.95. The van der Waals surface area contributed by atoms with Gasteiger partial charge in [0.1, 0.15) is 0 Å². The van der Waals surface area contributed by atoms with Gasteiger partial charge in [0.25, 0.3) is 0 Å². The minimum atomic E-state index is -2.08. The van der Waals surface area contributed by atoms with Crippen LogP contribution in [0.15, 0.2) is 0 Å². The SMILES string of the molecule is CC(F)(CC1CCOCC1)C(=O)O. The number of halogens is 1. The van der Waals surface area contributed by atoms with E-state index in [1.54, 1.807) is 0 Å². The Hall–Kier alpha value is -0.640.